The summed E-state index contributed by atoms with van der Waals surface area (Å²) in [5.74, 6) is 0.915. The maximum absolute atomic E-state index is 6.08. The first-order valence-electron chi connectivity index (χ1n) is 7.18. The molecule has 0 unspecified atom stereocenters. The molecule has 0 aliphatic rings. The van der Waals surface area contributed by atoms with E-state index in [1.165, 1.54) is 5.39 Å². The van der Waals surface area contributed by atoms with Gasteiger partial charge in [-0.05, 0) is 35.9 Å². The van der Waals surface area contributed by atoms with Crippen LogP contribution in [-0.2, 0) is 6.61 Å². The summed E-state index contributed by atoms with van der Waals surface area (Å²) in [7, 11) is 0. The lowest BCUT2D eigenvalue weighted by Gasteiger charge is -2.08. The first-order valence-corrected chi connectivity index (χ1v) is 7.97. The van der Waals surface area contributed by atoms with Crippen LogP contribution in [0, 0.1) is 0 Å². The number of H-pyrrole nitrogens is 1. The third-order valence-corrected chi connectivity index (χ3v) is 4.33. The number of aromatic amines is 1. The molecular formula is C19H14BrNO. The predicted octanol–water partition coefficient (Wildman–Crippen LogP) is 5.66. The minimum Gasteiger partial charge on any atom is -0.488 e. The van der Waals surface area contributed by atoms with Crippen LogP contribution < -0.4 is 4.74 Å². The summed E-state index contributed by atoms with van der Waals surface area (Å²) in [6.45, 7) is 0.561. The van der Waals surface area contributed by atoms with Crippen molar-refractivity contribution in [1.29, 1.82) is 0 Å². The van der Waals surface area contributed by atoms with Gasteiger partial charge in [-0.2, -0.15) is 0 Å². The van der Waals surface area contributed by atoms with Crippen LogP contribution in [0.1, 0.15) is 5.56 Å². The molecule has 0 bridgehead atoms. The number of ether oxygens (including phenoxy) is 1. The first-order chi connectivity index (χ1) is 10.8. The van der Waals surface area contributed by atoms with Crippen LogP contribution in [0.15, 0.2) is 71.2 Å². The van der Waals surface area contributed by atoms with Crippen LogP contribution in [0.5, 0.6) is 5.75 Å². The molecule has 22 heavy (non-hydrogen) atoms. The lowest BCUT2D eigenvalue weighted by Crippen LogP contribution is -1.95. The van der Waals surface area contributed by atoms with Crippen LogP contribution >= 0.6 is 15.9 Å². The van der Waals surface area contributed by atoms with Crippen molar-refractivity contribution in [2.45, 2.75) is 6.61 Å². The molecule has 0 atom stereocenters. The molecule has 0 amide bonds. The Morgan fingerprint density at radius 2 is 1.59 bits per heavy atom. The van der Waals surface area contributed by atoms with E-state index < -0.39 is 0 Å². The third kappa shape index (κ3) is 2.38. The minimum absolute atomic E-state index is 0.561. The Bertz CT molecular complexity index is 941. The molecular weight excluding hydrogens is 338 g/mol. The Morgan fingerprint density at radius 1 is 0.818 bits per heavy atom. The first kappa shape index (κ1) is 13.4. The molecule has 3 aromatic carbocycles. The van der Waals surface area contributed by atoms with Gasteiger partial charge in [-0.25, -0.2) is 0 Å². The number of halogens is 1. The van der Waals surface area contributed by atoms with Crippen molar-refractivity contribution in [2.24, 2.45) is 0 Å². The molecule has 0 fully saturated rings. The molecule has 0 radical (unpaired) electrons. The van der Waals surface area contributed by atoms with Crippen molar-refractivity contribution in [2.75, 3.05) is 0 Å². The van der Waals surface area contributed by atoms with Crippen molar-refractivity contribution < 1.29 is 4.74 Å². The number of rotatable bonds is 3. The van der Waals surface area contributed by atoms with E-state index >= 15 is 0 Å². The third-order valence-electron chi connectivity index (χ3n) is 3.80. The van der Waals surface area contributed by atoms with E-state index in [9.17, 15) is 0 Å². The van der Waals surface area contributed by atoms with E-state index in [0.717, 1.165) is 32.2 Å². The summed E-state index contributed by atoms with van der Waals surface area (Å²) in [4.78, 5) is 3.44. The highest BCUT2D eigenvalue weighted by atomic mass is 79.9. The minimum atomic E-state index is 0.561. The van der Waals surface area contributed by atoms with E-state index in [1.54, 1.807) is 0 Å². The number of para-hydroxylation sites is 1. The molecule has 0 spiro atoms. The van der Waals surface area contributed by atoms with Gasteiger partial charge in [0.05, 0.1) is 5.52 Å². The van der Waals surface area contributed by atoms with Gasteiger partial charge in [-0.3, -0.25) is 0 Å². The van der Waals surface area contributed by atoms with Crippen molar-refractivity contribution in [3.05, 3.63) is 76.8 Å². The zero-order valence-corrected chi connectivity index (χ0v) is 13.4. The average Bonchev–Trinajstić information content (AvgIpc) is 2.93. The van der Waals surface area contributed by atoms with Crippen molar-refractivity contribution in [3.63, 3.8) is 0 Å². The fourth-order valence-electron chi connectivity index (χ4n) is 2.73. The summed E-state index contributed by atoms with van der Waals surface area (Å²) in [6, 6.07) is 22.7. The van der Waals surface area contributed by atoms with E-state index in [0.29, 0.717) is 6.61 Å². The largest absolute Gasteiger partial charge is 0.488 e. The lowest BCUT2D eigenvalue weighted by molar-refractivity contribution is 0.310. The normalized spacial score (nSPS) is 11.1. The van der Waals surface area contributed by atoms with Gasteiger partial charge >= 0.3 is 0 Å². The Kier molecular flexibility index (Phi) is 3.35. The van der Waals surface area contributed by atoms with Crippen LogP contribution in [-0.4, -0.2) is 4.98 Å². The summed E-state index contributed by atoms with van der Waals surface area (Å²) >= 11 is 3.45. The molecule has 1 N–H and O–H groups in total. The average molecular weight is 352 g/mol. The number of fused-ring (bicyclic) bond motifs is 3. The molecule has 1 aromatic heterocycles. The van der Waals surface area contributed by atoms with E-state index in [2.05, 4.69) is 57.3 Å². The maximum atomic E-state index is 6.08. The van der Waals surface area contributed by atoms with Crippen molar-refractivity contribution >= 4 is 37.7 Å². The number of aromatic nitrogens is 1. The number of hydrogen-bond acceptors (Lipinski definition) is 1. The van der Waals surface area contributed by atoms with Crippen LogP contribution in [0.25, 0.3) is 21.8 Å². The molecule has 0 aliphatic heterocycles. The van der Waals surface area contributed by atoms with Crippen LogP contribution in [0.3, 0.4) is 0 Å². The zero-order chi connectivity index (χ0) is 14.9. The Balaban J connectivity index is 1.73. The predicted molar refractivity (Wildman–Crippen MR) is 94.3 cm³/mol. The molecule has 2 nitrogen and oxygen atoms in total. The number of hydrogen-bond donors (Lipinski definition) is 1. The summed E-state index contributed by atoms with van der Waals surface area (Å²) in [5, 5.41) is 2.35. The Labute approximate surface area is 136 Å². The highest BCUT2D eigenvalue weighted by Gasteiger charge is 2.09. The molecule has 1 heterocycles. The Morgan fingerprint density at radius 3 is 2.45 bits per heavy atom. The van der Waals surface area contributed by atoms with Gasteiger partial charge in [0, 0.05) is 20.8 Å². The second-order valence-corrected chi connectivity index (χ2v) is 6.18. The Hall–Kier alpha value is -2.26. The second kappa shape index (κ2) is 5.50. The number of nitrogens with one attached hydrogen (secondary N) is 1. The molecule has 0 saturated carbocycles. The fourth-order valence-corrected chi connectivity index (χ4v) is 2.99. The van der Waals surface area contributed by atoms with Gasteiger partial charge in [-0.15, -0.1) is 0 Å². The molecule has 4 rings (SSSR count). The monoisotopic (exact) mass is 351 g/mol. The molecule has 108 valence electrons. The van der Waals surface area contributed by atoms with Gasteiger partial charge in [0.25, 0.3) is 0 Å². The number of benzene rings is 3. The summed E-state index contributed by atoms with van der Waals surface area (Å²) < 4.78 is 7.16. The molecule has 0 aliphatic carbocycles. The standard InChI is InChI=1S/C19H14BrNO/c20-14-10-8-13(9-11-14)12-22-18-7-3-6-17-19(18)15-4-1-2-5-16(15)21-17/h1-11,21H,12H2. The van der Waals surface area contributed by atoms with Gasteiger partial charge in [0.15, 0.2) is 0 Å². The highest BCUT2D eigenvalue weighted by molar-refractivity contribution is 9.10. The molecule has 0 saturated heterocycles. The fraction of sp³-hybridized carbons (Fsp3) is 0.0526. The maximum Gasteiger partial charge on any atom is 0.129 e. The molecule has 3 heteroatoms. The topological polar surface area (TPSA) is 25.0 Å². The van der Waals surface area contributed by atoms with E-state index in [4.69, 9.17) is 4.74 Å². The van der Waals surface area contributed by atoms with E-state index in [1.807, 2.05) is 30.3 Å². The smallest absolute Gasteiger partial charge is 0.129 e. The van der Waals surface area contributed by atoms with Gasteiger partial charge < -0.3 is 9.72 Å². The van der Waals surface area contributed by atoms with Gasteiger partial charge in [0.2, 0.25) is 0 Å². The van der Waals surface area contributed by atoms with Crippen LogP contribution in [0.2, 0.25) is 0 Å². The summed E-state index contributed by atoms with van der Waals surface area (Å²) in [5.41, 5.74) is 3.40. The lowest BCUT2D eigenvalue weighted by atomic mass is 10.1. The quantitative estimate of drug-likeness (QED) is 0.505. The SMILES string of the molecule is Brc1ccc(COc2cccc3[nH]c4ccccc4c23)cc1. The van der Waals surface area contributed by atoms with Crippen molar-refractivity contribution in [1.82, 2.24) is 4.98 Å². The summed E-state index contributed by atoms with van der Waals surface area (Å²) in [6.07, 6.45) is 0. The van der Waals surface area contributed by atoms with Gasteiger partial charge in [-0.1, -0.05) is 52.3 Å². The van der Waals surface area contributed by atoms with Crippen LogP contribution in [0.4, 0.5) is 0 Å². The van der Waals surface area contributed by atoms with E-state index in [-0.39, 0.29) is 0 Å². The van der Waals surface area contributed by atoms with Gasteiger partial charge in [0.1, 0.15) is 12.4 Å². The second-order valence-electron chi connectivity index (χ2n) is 5.26. The van der Waals surface area contributed by atoms with Crippen molar-refractivity contribution in [3.8, 4) is 5.75 Å². The molecule has 4 aromatic rings. The highest BCUT2D eigenvalue weighted by Crippen LogP contribution is 2.33. The zero-order valence-electron chi connectivity index (χ0n) is 11.8.